The first-order valence-corrected chi connectivity index (χ1v) is 8.29. The van der Waals surface area contributed by atoms with E-state index in [0.717, 1.165) is 12.3 Å². The van der Waals surface area contributed by atoms with Gasteiger partial charge in [-0.05, 0) is 47.0 Å². The van der Waals surface area contributed by atoms with Crippen molar-refractivity contribution in [3.63, 3.8) is 0 Å². The molecule has 0 N–H and O–H groups in total. The Kier molecular flexibility index (Phi) is 3.83. The standard InChI is InChI=1S/C22H21NO/c1-23(15-16-8-7-9-17(14-16)24-2)22-20-12-5-3-10-18(20)19-11-4-6-13-21(19)22/h3-14,22H,15H2,1-2H3. The first-order chi connectivity index (χ1) is 11.8. The Balaban J connectivity index is 1.70. The van der Waals surface area contributed by atoms with Crippen molar-refractivity contribution in [1.82, 2.24) is 4.90 Å². The molecule has 0 saturated heterocycles. The lowest BCUT2D eigenvalue weighted by molar-refractivity contribution is 0.274. The molecule has 0 saturated carbocycles. The van der Waals surface area contributed by atoms with Gasteiger partial charge in [-0.25, -0.2) is 0 Å². The maximum absolute atomic E-state index is 5.36. The second-order valence-corrected chi connectivity index (χ2v) is 6.34. The van der Waals surface area contributed by atoms with Gasteiger partial charge < -0.3 is 4.74 Å². The number of rotatable bonds is 4. The zero-order valence-electron chi connectivity index (χ0n) is 14.1. The molecule has 0 bridgehead atoms. The van der Waals surface area contributed by atoms with E-state index < -0.39 is 0 Å². The summed E-state index contributed by atoms with van der Waals surface area (Å²) in [4.78, 5) is 2.42. The fraction of sp³-hybridized carbons (Fsp3) is 0.182. The van der Waals surface area contributed by atoms with E-state index in [1.807, 2.05) is 6.07 Å². The summed E-state index contributed by atoms with van der Waals surface area (Å²) in [6.07, 6.45) is 0. The van der Waals surface area contributed by atoms with Gasteiger partial charge in [-0.2, -0.15) is 0 Å². The minimum absolute atomic E-state index is 0.295. The second-order valence-electron chi connectivity index (χ2n) is 6.34. The minimum atomic E-state index is 0.295. The molecule has 0 radical (unpaired) electrons. The van der Waals surface area contributed by atoms with Gasteiger partial charge in [-0.1, -0.05) is 60.7 Å². The molecule has 1 aliphatic rings. The van der Waals surface area contributed by atoms with Crippen molar-refractivity contribution in [3.8, 4) is 16.9 Å². The van der Waals surface area contributed by atoms with Gasteiger partial charge >= 0.3 is 0 Å². The number of nitrogens with zero attached hydrogens (tertiary/aromatic N) is 1. The highest BCUT2D eigenvalue weighted by Gasteiger charge is 2.30. The predicted octanol–water partition coefficient (Wildman–Crippen LogP) is 4.90. The molecule has 0 fully saturated rings. The molecule has 24 heavy (non-hydrogen) atoms. The SMILES string of the molecule is COc1cccc(CN(C)C2c3ccccc3-c3ccccc32)c1. The molecule has 2 heteroatoms. The molecule has 0 amide bonds. The molecule has 0 aromatic heterocycles. The molecule has 4 rings (SSSR count). The molecule has 2 nitrogen and oxygen atoms in total. The first-order valence-electron chi connectivity index (χ1n) is 8.29. The van der Waals surface area contributed by atoms with E-state index in [1.165, 1.54) is 27.8 Å². The van der Waals surface area contributed by atoms with Gasteiger partial charge in [0.2, 0.25) is 0 Å². The van der Waals surface area contributed by atoms with E-state index in [-0.39, 0.29) is 0 Å². The van der Waals surface area contributed by atoms with E-state index in [9.17, 15) is 0 Å². The van der Waals surface area contributed by atoms with E-state index in [2.05, 4.69) is 78.7 Å². The summed E-state index contributed by atoms with van der Waals surface area (Å²) in [5.74, 6) is 0.910. The third kappa shape index (κ3) is 2.49. The zero-order valence-corrected chi connectivity index (χ0v) is 14.1. The van der Waals surface area contributed by atoms with Crippen molar-refractivity contribution in [2.45, 2.75) is 12.6 Å². The average Bonchev–Trinajstić information content (AvgIpc) is 2.96. The van der Waals surface area contributed by atoms with E-state index in [0.29, 0.717) is 6.04 Å². The molecule has 1 aliphatic carbocycles. The van der Waals surface area contributed by atoms with Gasteiger partial charge in [-0.3, -0.25) is 4.90 Å². The van der Waals surface area contributed by atoms with E-state index in [4.69, 9.17) is 4.74 Å². The zero-order chi connectivity index (χ0) is 16.5. The van der Waals surface area contributed by atoms with Crippen LogP contribution in [0.3, 0.4) is 0 Å². The van der Waals surface area contributed by atoms with Gasteiger partial charge in [-0.15, -0.1) is 0 Å². The summed E-state index contributed by atoms with van der Waals surface area (Å²) in [5, 5.41) is 0. The molecule has 0 heterocycles. The number of ether oxygens (including phenoxy) is 1. The van der Waals surface area contributed by atoms with Gasteiger partial charge in [0.15, 0.2) is 0 Å². The molecule has 120 valence electrons. The highest BCUT2D eigenvalue weighted by atomic mass is 16.5. The molecular weight excluding hydrogens is 294 g/mol. The van der Waals surface area contributed by atoms with Crippen molar-refractivity contribution < 1.29 is 4.74 Å². The van der Waals surface area contributed by atoms with Crippen LogP contribution in [0.25, 0.3) is 11.1 Å². The van der Waals surface area contributed by atoms with Crippen LogP contribution >= 0.6 is 0 Å². The van der Waals surface area contributed by atoms with Crippen molar-refractivity contribution in [3.05, 3.63) is 89.5 Å². The highest BCUT2D eigenvalue weighted by molar-refractivity contribution is 5.78. The molecule has 0 atom stereocenters. The molecule has 3 aromatic carbocycles. The van der Waals surface area contributed by atoms with Gasteiger partial charge in [0.05, 0.1) is 13.2 Å². The summed E-state index contributed by atoms with van der Waals surface area (Å²) in [5.41, 5.74) is 6.76. The Morgan fingerprint density at radius 2 is 1.46 bits per heavy atom. The van der Waals surface area contributed by atoms with Gasteiger partial charge in [0.25, 0.3) is 0 Å². The molecule has 0 aliphatic heterocycles. The Bertz CT molecular complexity index is 826. The Labute approximate surface area is 143 Å². The van der Waals surface area contributed by atoms with Crippen LogP contribution in [0.4, 0.5) is 0 Å². The third-order valence-electron chi connectivity index (χ3n) is 4.81. The van der Waals surface area contributed by atoms with Crippen LogP contribution in [0.15, 0.2) is 72.8 Å². The number of benzene rings is 3. The number of hydrogen-bond acceptors (Lipinski definition) is 2. The largest absolute Gasteiger partial charge is 0.497 e. The minimum Gasteiger partial charge on any atom is -0.497 e. The number of methoxy groups -OCH3 is 1. The smallest absolute Gasteiger partial charge is 0.119 e. The summed E-state index contributed by atoms with van der Waals surface area (Å²) in [6, 6.07) is 26.1. The fourth-order valence-electron chi connectivity index (χ4n) is 3.75. The summed E-state index contributed by atoms with van der Waals surface area (Å²) in [7, 11) is 3.91. The first kappa shape index (κ1) is 15.0. The van der Waals surface area contributed by atoms with Crippen LogP contribution in [0.2, 0.25) is 0 Å². The van der Waals surface area contributed by atoms with Crippen LogP contribution in [-0.2, 0) is 6.54 Å². The highest BCUT2D eigenvalue weighted by Crippen LogP contribution is 2.46. The maximum Gasteiger partial charge on any atom is 0.119 e. The summed E-state index contributed by atoms with van der Waals surface area (Å²) < 4.78 is 5.36. The normalized spacial score (nSPS) is 13.0. The Hall–Kier alpha value is -2.58. The molecule has 3 aromatic rings. The topological polar surface area (TPSA) is 12.5 Å². The Morgan fingerprint density at radius 1 is 0.833 bits per heavy atom. The Morgan fingerprint density at radius 3 is 2.08 bits per heavy atom. The summed E-state index contributed by atoms with van der Waals surface area (Å²) in [6.45, 7) is 0.879. The van der Waals surface area contributed by atoms with Crippen molar-refractivity contribution in [2.24, 2.45) is 0 Å². The van der Waals surface area contributed by atoms with E-state index in [1.54, 1.807) is 7.11 Å². The number of hydrogen-bond donors (Lipinski definition) is 0. The lowest BCUT2D eigenvalue weighted by Crippen LogP contribution is -2.23. The van der Waals surface area contributed by atoms with Crippen molar-refractivity contribution in [1.29, 1.82) is 0 Å². The van der Waals surface area contributed by atoms with Gasteiger partial charge in [0.1, 0.15) is 5.75 Å². The monoisotopic (exact) mass is 315 g/mol. The van der Waals surface area contributed by atoms with Crippen LogP contribution < -0.4 is 4.74 Å². The van der Waals surface area contributed by atoms with Crippen LogP contribution in [0.1, 0.15) is 22.7 Å². The van der Waals surface area contributed by atoms with Crippen molar-refractivity contribution in [2.75, 3.05) is 14.2 Å². The summed E-state index contributed by atoms with van der Waals surface area (Å²) >= 11 is 0. The average molecular weight is 315 g/mol. The predicted molar refractivity (Wildman–Crippen MR) is 98.2 cm³/mol. The lowest BCUT2D eigenvalue weighted by Gasteiger charge is -2.26. The quantitative estimate of drug-likeness (QED) is 0.679. The van der Waals surface area contributed by atoms with E-state index >= 15 is 0 Å². The maximum atomic E-state index is 5.36. The van der Waals surface area contributed by atoms with Crippen LogP contribution in [0, 0.1) is 0 Å². The third-order valence-corrected chi connectivity index (χ3v) is 4.81. The van der Waals surface area contributed by atoms with Crippen LogP contribution in [-0.4, -0.2) is 19.1 Å². The lowest BCUT2D eigenvalue weighted by atomic mass is 10.0. The fourth-order valence-corrected chi connectivity index (χ4v) is 3.75. The second kappa shape index (κ2) is 6.14. The van der Waals surface area contributed by atoms with Crippen molar-refractivity contribution >= 4 is 0 Å². The number of fused-ring (bicyclic) bond motifs is 3. The molecule has 0 spiro atoms. The molecular formula is C22H21NO. The molecule has 0 unspecified atom stereocenters. The van der Waals surface area contributed by atoms with Gasteiger partial charge in [0, 0.05) is 6.54 Å². The van der Waals surface area contributed by atoms with Crippen LogP contribution in [0.5, 0.6) is 5.75 Å².